The topological polar surface area (TPSA) is 52.0 Å². The molecular formula is C13H22N4O. The minimum absolute atomic E-state index is 0.265. The Kier molecular flexibility index (Phi) is 2.90. The van der Waals surface area contributed by atoms with E-state index in [0.29, 0.717) is 18.1 Å². The van der Waals surface area contributed by atoms with E-state index < -0.39 is 0 Å². The summed E-state index contributed by atoms with van der Waals surface area (Å²) in [7, 11) is 1.99. The third-order valence-corrected chi connectivity index (χ3v) is 4.62. The van der Waals surface area contributed by atoms with Crippen molar-refractivity contribution in [2.75, 3.05) is 13.2 Å². The molecule has 18 heavy (non-hydrogen) atoms. The van der Waals surface area contributed by atoms with Crippen LogP contribution in [0.15, 0.2) is 6.33 Å². The molecule has 3 unspecified atom stereocenters. The second-order valence-electron chi connectivity index (χ2n) is 6.11. The van der Waals surface area contributed by atoms with Gasteiger partial charge in [0.1, 0.15) is 12.2 Å². The Balaban J connectivity index is 1.53. The van der Waals surface area contributed by atoms with E-state index in [9.17, 15) is 0 Å². The van der Waals surface area contributed by atoms with Crippen LogP contribution in [0.3, 0.4) is 0 Å². The number of aromatic nitrogens is 3. The van der Waals surface area contributed by atoms with Crippen LogP contribution in [0.25, 0.3) is 0 Å². The molecule has 1 aliphatic heterocycles. The van der Waals surface area contributed by atoms with Gasteiger partial charge in [-0.15, -0.1) is 10.2 Å². The van der Waals surface area contributed by atoms with Crippen molar-refractivity contribution in [2.45, 2.75) is 38.8 Å². The SMILES string of the molecule is Cn1cnnc1CCNC1C2CCOC2C1(C)C. The van der Waals surface area contributed by atoms with Crippen molar-refractivity contribution in [3.05, 3.63) is 12.2 Å². The zero-order chi connectivity index (χ0) is 12.8. The maximum atomic E-state index is 5.80. The highest BCUT2D eigenvalue weighted by Crippen LogP contribution is 2.51. The molecule has 0 aromatic carbocycles. The predicted molar refractivity (Wildman–Crippen MR) is 68.1 cm³/mol. The van der Waals surface area contributed by atoms with Crippen molar-refractivity contribution in [3.8, 4) is 0 Å². The summed E-state index contributed by atoms with van der Waals surface area (Å²) in [4.78, 5) is 0. The summed E-state index contributed by atoms with van der Waals surface area (Å²) in [6.07, 6.45) is 4.35. The zero-order valence-corrected chi connectivity index (χ0v) is 11.4. The van der Waals surface area contributed by atoms with Gasteiger partial charge in [0.25, 0.3) is 0 Å². The van der Waals surface area contributed by atoms with E-state index in [4.69, 9.17) is 4.74 Å². The van der Waals surface area contributed by atoms with Crippen LogP contribution in [0, 0.1) is 11.3 Å². The molecule has 3 atom stereocenters. The number of hydrogen-bond donors (Lipinski definition) is 1. The molecule has 3 rings (SSSR count). The molecule has 2 aliphatic rings. The monoisotopic (exact) mass is 250 g/mol. The molecule has 0 spiro atoms. The maximum absolute atomic E-state index is 5.80. The molecule has 1 aromatic heterocycles. The summed E-state index contributed by atoms with van der Waals surface area (Å²) in [5, 5.41) is 11.7. The smallest absolute Gasteiger partial charge is 0.133 e. The molecule has 2 fully saturated rings. The minimum atomic E-state index is 0.265. The normalized spacial score (nSPS) is 33.2. The average Bonchev–Trinajstić information content (AvgIpc) is 2.92. The van der Waals surface area contributed by atoms with E-state index in [1.165, 1.54) is 6.42 Å². The van der Waals surface area contributed by atoms with Gasteiger partial charge < -0.3 is 14.6 Å². The van der Waals surface area contributed by atoms with Crippen molar-refractivity contribution in [1.82, 2.24) is 20.1 Å². The first-order valence-corrected chi connectivity index (χ1v) is 6.78. The lowest BCUT2D eigenvalue weighted by atomic mass is 9.57. The highest BCUT2D eigenvalue weighted by atomic mass is 16.5. The third kappa shape index (κ3) is 1.77. The molecule has 1 saturated heterocycles. The lowest BCUT2D eigenvalue weighted by Crippen LogP contribution is -2.66. The van der Waals surface area contributed by atoms with Crippen LogP contribution in [0.4, 0.5) is 0 Å². The van der Waals surface area contributed by atoms with Crippen LogP contribution in [-0.2, 0) is 18.2 Å². The van der Waals surface area contributed by atoms with Gasteiger partial charge in [-0.25, -0.2) is 0 Å². The van der Waals surface area contributed by atoms with Crippen LogP contribution >= 0.6 is 0 Å². The number of aryl methyl sites for hydroxylation is 1. The van der Waals surface area contributed by atoms with Crippen LogP contribution in [0.1, 0.15) is 26.1 Å². The fourth-order valence-electron chi connectivity index (χ4n) is 3.61. The number of rotatable bonds is 4. The maximum Gasteiger partial charge on any atom is 0.133 e. The third-order valence-electron chi connectivity index (χ3n) is 4.62. The molecule has 0 radical (unpaired) electrons. The lowest BCUT2D eigenvalue weighted by Gasteiger charge is -2.55. The highest BCUT2D eigenvalue weighted by molar-refractivity contribution is 5.11. The van der Waals surface area contributed by atoms with Gasteiger partial charge in [-0.1, -0.05) is 13.8 Å². The highest BCUT2D eigenvalue weighted by Gasteiger charge is 2.58. The largest absolute Gasteiger partial charge is 0.377 e. The molecule has 0 amide bonds. The number of nitrogens with zero attached hydrogens (tertiary/aromatic N) is 3. The van der Waals surface area contributed by atoms with Gasteiger partial charge >= 0.3 is 0 Å². The number of ether oxygens (including phenoxy) is 1. The van der Waals surface area contributed by atoms with Crippen molar-refractivity contribution in [1.29, 1.82) is 0 Å². The van der Waals surface area contributed by atoms with E-state index >= 15 is 0 Å². The molecule has 2 heterocycles. The number of fused-ring (bicyclic) bond motifs is 1. The van der Waals surface area contributed by atoms with Crippen molar-refractivity contribution >= 4 is 0 Å². The van der Waals surface area contributed by atoms with Crippen LogP contribution in [-0.4, -0.2) is 40.1 Å². The lowest BCUT2D eigenvalue weighted by molar-refractivity contribution is -0.112. The first-order valence-electron chi connectivity index (χ1n) is 6.78. The molecule has 5 heteroatoms. The van der Waals surface area contributed by atoms with Crippen LogP contribution < -0.4 is 5.32 Å². The van der Waals surface area contributed by atoms with Gasteiger partial charge in [0.2, 0.25) is 0 Å². The molecule has 1 aliphatic carbocycles. The molecule has 1 aromatic rings. The Labute approximate surface area is 108 Å². The van der Waals surface area contributed by atoms with Gasteiger partial charge in [0.15, 0.2) is 0 Å². The van der Waals surface area contributed by atoms with E-state index in [-0.39, 0.29) is 5.41 Å². The predicted octanol–water partition coefficient (Wildman–Crippen LogP) is 0.761. The fourth-order valence-corrected chi connectivity index (χ4v) is 3.61. The molecule has 1 N–H and O–H groups in total. The van der Waals surface area contributed by atoms with Crippen molar-refractivity contribution in [3.63, 3.8) is 0 Å². The first-order chi connectivity index (χ1) is 8.60. The van der Waals surface area contributed by atoms with Gasteiger partial charge in [-0.2, -0.15) is 0 Å². The van der Waals surface area contributed by atoms with Crippen LogP contribution in [0.2, 0.25) is 0 Å². The zero-order valence-electron chi connectivity index (χ0n) is 11.4. The molecule has 100 valence electrons. The van der Waals surface area contributed by atoms with Gasteiger partial charge in [0.05, 0.1) is 6.10 Å². The van der Waals surface area contributed by atoms with E-state index in [1.807, 2.05) is 11.6 Å². The summed E-state index contributed by atoms with van der Waals surface area (Å²) in [5.74, 6) is 1.75. The second kappa shape index (κ2) is 4.31. The summed E-state index contributed by atoms with van der Waals surface area (Å²) in [6, 6.07) is 0.582. The quantitative estimate of drug-likeness (QED) is 0.857. The number of hydrogen-bond acceptors (Lipinski definition) is 4. The molecule has 0 bridgehead atoms. The van der Waals surface area contributed by atoms with E-state index in [0.717, 1.165) is 25.4 Å². The van der Waals surface area contributed by atoms with E-state index in [2.05, 4.69) is 29.4 Å². The second-order valence-corrected chi connectivity index (χ2v) is 6.11. The van der Waals surface area contributed by atoms with Gasteiger partial charge in [-0.05, 0) is 6.42 Å². The summed E-state index contributed by atoms with van der Waals surface area (Å²) in [6.45, 7) is 6.50. The first kappa shape index (κ1) is 12.1. The minimum Gasteiger partial charge on any atom is -0.377 e. The molecule has 1 saturated carbocycles. The van der Waals surface area contributed by atoms with Crippen molar-refractivity contribution in [2.24, 2.45) is 18.4 Å². The Bertz CT molecular complexity index is 428. The Morgan fingerprint density at radius 3 is 3.11 bits per heavy atom. The Morgan fingerprint density at radius 2 is 2.39 bits per heavy atom. The van der Waals surface area contributed by atoms with Gasteiger partial charge in [0, 0.05) is 44.0 Å². The Hall–Kier alpha value is -0.940. The van der Waals surface area contributed by atoms with E-state index in [1.54, 1.807) is 6.33 Å². The number of nitrogens with one attached hydrogen (secondary N) is 1. The van der Waals surface area contributed by atoms with Gasteiger partial charge in [-0.3, -0.25) is 0 Å². The molecular weight excluding hydrogens is 228 g/mol. The standard InChI is InChI=1S/C13H22N4O/c1-13(2)11(9-5-7-18-12(9)13)14-6-4-10-16-15-8-17(10)3/h8-9,11-12,14H,4-7H2,1-3H3. The average molecular weight is 250 g/mol. The van der Waals surface area contributed by atoms with Crippen LogP contribution in [0.5, 0.6) is 0 Å². The molecule has 5 nitrogen and oxygen atoms in total. The summed E-state index contributed by atoms with van der Waals surface area (Å²) < 4.78 is 7.78. The fraction of sp³-hybridized carbons (Fsp3) is 0.846. The summed E-state index contributed by atoms with van der Waals surface area (Å²) in [5.41, 5.74) is 0.265. The van der Waals surface area contributed by atoms with Crippen molar-refractivity contribution < 1.29 is 4.74 Å². The summed E-state index contributed by atoms with van der Waals surface area (Å²) >= 11 is 0. The Morgan fingerprint density at radius 1 is 1.56 bits per heavy atom.